The van der Waals surface area contributed by atoms with E-state index in [1.165, 1.54) is 0 Å². The average molecular weight is 402 g/mol. The van der Waals surface area contributed by atoms with Crippen molar-refractivity contribution in [1.82, 2.24) is 10.4 Å². The standard InChI is InChI=1S/C19H20N4O2S2/c1-22(18(26)14-9-5-3-6-10-14)23(2,17(25)13-16(24)21-20)19(27)15-11-7-4-8-12-15/h3-12H,13,20H2,1-2H3/p+1. The first-order valence-electron chi connectivity index (χ1n) is 8.15. The number of rotatable bonds is 4. The maximum absolute atomic E-state index is 13.1. The van der Waals surface area contributed by atoms with Crippen LogP contribution in [0.25, 0.3) is 0 Å². The van der Waals surface area contributed by atoms with Crippen LogP contribution in [0.5, 0.6) is 0 Å². The molecule has 0 aromatic heterocycles. The number of nitrogens with one attached hydrogen (secondary N) is 1. The highest BCUT2D eigenvalue weighted by Crippen LogP contribution is 2.21. The largest absolute Gasteiger partial charge is 0.353 e. The van der Waals surface area contributed by atoms with E-state index in [-0.39, 0.29) is 0 Å². The van der Waals surface area contributed by atoms with Gasteiger partial charge in [-0.2, -0.15) is 0 Å². The number of carbonyl (C=O) groups excluding carboxylic acids is 2. The molecule has 27 heavy (non-hydrogen) atoms. The van der Waals surface area contributed by atoms with Crippen LogP contribution in [0.3, 0.4) is 0 Å². The number of hydrogen-bond acceptors (Lipinski definition) is 5. The molecule has 0 aliphatic carbocycles. The minimum Gasteiger partial charge on any atom is -0.294 e. The first-order valence-corrected chi connectivity index (χ1v) is 8.97. The van der Waals surface area contributed by atoms with E-state index < -0.39 is 22.8 Å². The minimum absolute atomic E-state index is 0.325. The summed E-state index contributed by atoms with van der Waals surface area (Å²) >= 11 is 11.2. The van der Waals surface area contributed by atoms with Crippen LogP contribution in [-0.4, -0.2) is 45.5 Å². The van der Waals surface area contributed by atoms with Crippen molar-refractivity contribution in [2.45, 2.75) is 6.42 Å². The SMILES string of the molecule is CN(C(=S)c1ccccc1)[N+](C)(C(=O)CC(=O)NN)C(=S)c1ccccc1. The Bertz CT molecular complexity index is 859. The van der Waals surface area contributed by atoms with Crippen LogP contribution in [0, 0.1) is 0 Å². The molecule has 0 aliphatic heterocycles. The van der Waals surface area contributed by atoms with Gasteiger partial charge in [-0.05, 0) is 24.4 Å². The minimum atomic E-state index is -0.598. The van der Waals surface area contributed by atoms with Gasteiger partial charge in [-0.1, -0.05) is 60.7 Å². The summed E-state index contributed by atoms with van der Waals surface area (Å²) in [6.45, 7) is 0. The van der Waals surface area contributed by atoms with Crippen LogP contribution < -0.4 is 11.3 Å². The molecule has 0 spiro atoms. The Balaban J connectivity index is 2.48. The van der Waals surface area contributed by atoms with Crippen molar-refractivity contribution < 1.29 is 14.2 Å². The third kappa shape index (κ3) is 4.42. The molecule has 3 N–H and O–H groups in total. The molecule has 2 rings (SSSR count). The Morgan fingerprint density at radius 2 is 1.48 bits per heavy atom. The molecule has 0 fully saturated rings. The molecule has 0 radical (unpaired) electrons. The van der Waals surface area contributed by atoms with Crippen molar-refractivity contribution in [3.63, 3.8) is 0 Å². The fourth-order valence-electron chi connectivity index (χ4n) is 2.54. The molecular weight excluding hydrogens is 380 g/mol. The molecule has 8 heteroatoms. The Morgan fingerprint density at radius 3 is 1.96 bits per heavy atom. The number of thiocarbonyl (C=S) groups is 2. The first-order chi connectivity index (χ1) is 12.8. The molecule has 2 amide bonds. The number of nitrogens with two attached hydrogens (primary N) is 1. The lowest BCUT2D eigenvalue weighted by Crippen LogP contribution is -2.64. The Morgan fingerprint density at radius 1 is 1.00 bits per heavy atom. The van der Waals surface area contributed by atoms with Crippen LogP contribution in [-0.2, 0) is 9.59 Å². The predicted octanol–water partition coefficient (Wildman–Crippen LogP) is 1.94. The van der Waals surface area contributed by atoms with Gasteiger partial charge >= 0.3 is 5.91 Å². The van der Waals surface area contributed by atoms with Crippen molar-refractivity contribution >= 4 is 46.2 Å². The van der Waals surface area contributed by atoms with E-state index in [0.29, 0.717) is 15.5 Å². The third-order valence-electron chi connectivity index (χ3n) is 4.29. The van der Waals surface area contributed by atoms with Gasteiger partial charge in [0.1, 0.15) is 13.5 Å². The zero-order chi connectivity index (χ0) is 20.0. The summed E-state index contributed by atoms with van der Waals surface area (Å²) in [5, 5.41) is 1.59. The Labute approximate surface area is 169 Å². The fourth-order valence-corrected chi connectivity index (χ4v) is 3.20. The van der Waals surface area contributed by atoms with Crippen molar-refractivity contribution in [3.05, 3.63) is 71.8 Å². The fraction of sp³-hybridized carbons (Fsp3) is 0.158. The number of hydrogen-bond donors (Lipinski definition) is 2. The average Bonchev–Trinajstić information content (AvgIpc) is 2.72. The Kier molecular flexibility index (Phi) is 6.86. The third-order valence-corrected chi connectivity index (χ3v) is 5.38. The number of hydrazine groups is 1. The number of benzene rings is 2. The second-order valence-corrected chi connectivity index (χ2v) is 6.74. The summed E-state index contributed by atoms with van der Waals surface area (Å²) in [6, 6.07) is 18.5. The molecule has 2 aromatic rings. The summed E-state index contributed by atoms with van der Waals surface area (Å²) in [5.74, 6) is 4.10. The zero-order valence-electron chi connectivity index (χ0n) is 15.1. The zero-order valence-corrected chi connectivity index (χ0v) is 16.7. The molecule has 140 valence electrons. The van der Waals surface area contributed by atoms with E-state index in [9.17, 15) is 9.59 Å². The lowest BCUT2D eigenvalue weighted by Gasteiger charge is -2.39. The van der Waals surface area contributed by atoms with Crippen LogP contribution >= 0.6 is 24.4 Å². The molecule has 0 bridgehead atoms. The normalized spacial score (nSPS) is 12.6. The van der Waals surface area contributed by atoms with Crippen LogP contribution in [0.15, 0.2) is 60.7 Å². The second-order valence-electron chi connectivity index (χ2n) is 5.96. The first kappa shape index (κ1) is 20.8. The maximum atomic E-state index is 13.1. The molecule has 0 saturated heterocycles. The Hall–Kier alpha value is -2.52. The summed E-state index contributed by atoms with van der Waals surface area (Å²) in [7, 11) is 3.31. The van der Waals surface area contributed by atoms with Crippen LogP contribution in [0.4, 0.5) is 0 Å². The highest BCUT2D eigenvalue weighted by molar-refractivity contribution is 7.81. The number of carbonyl (C=O) groups is 2. The molecule has 0 saturated carbocycles. The summed E-state index contributed by atoms with van der Waals surface area (Å²) < 4.78 is -0.458. The maximum Gasteiger partial charge on any atom is 0.353 e. The molecule has 6 nitrogen and oxygen atoms in total. The van der Waals surface area contributed by atoms with Crippen molar-refractivity contribution in [2.24, 2.45) is 5.84 Å². The highest BCUT2D eigenvalue weighted by Gasteiger charge is 2.44. The lowest BCUT2D eigenvalue weighted by atomic mass is 10.2. The quantitative estimate of drug-likeness (QED) is 0.204. The van der Waals surface area contributed by atoms with Crippen LogP contribution in [0.2, 0.25) is 0 Å². The van der Waals surface area contributed by atoms with Gasteiger partial charge in [0.05, 0.1) is 12.6 Å². The van der Waals surface area contributed by atoms with Gasteiger partial charge in [-0.3, -0.25) is 10.2 Å². The van der Waals surface area contributed by atoms with Crippen LogP contribution in [0.1, 0.15) is 17.5 Å². The van der Waals surface area contributed by atoms with E-state index in [2.05, 4.69) is 0 Å². The second kappa shape index (κ2) is 8.92. The smallest absolute Gasteiger partial charge is 0.294 e. The van der Waals surface area contributed by atoms with E-state index in [1.54, 1.807) is 19.1 Å². The van der Waals surface area contributed by atoms with Gasteiger partial charge in [0.25, 0.3) is 0 Å². The molecule has 0 heterocycles. The van der Waals surface area contributed by atoms with Gasteiger partial charge < -0.3 is 0 Å². The molecule has 1 unspecified atom stereocenters. The summed E-state index contributed by atoms with van der Waals surface area (Å²) in [6.07, 6.45) is -0.429. The predicted molar refractivity (Wildman–Crippen MR) is 112 cm³/mol. The highest BCUT2D eigenvalue weighted by atomic mass is 32.1. The number of nitrogens with zero attached hydrogens (tertiary/aromatic N) is 2. The topological polar surface area (TPSA) is 75.4 Å². The van der Waals surface area contributed by atoms with Gasteiger partial charge in [-0.15, -0.1) is 4.59 Å². The summed E-state index contributed by atoms with van der Waals surface area (Å²) in [5.41, 5.74) is 3.45. The monoisotopic (exact) mass is 401 g/mol. The van der Waals surface area contributed by atoms with E-state index >= 15 is 0 Å². The van der Waals surface area contributed by atoms with E-state index in [1.807, 2.05) is 66.1 Å². The molecule has 0 aliphatic rings. The van der Waals surface area contributed by atoms with Crippen molar-refractivity contribution in [1.29, 1.82) is 0 Å². The number of quaternary nitrogens is 1. The molecular formula is C19H21N4O2S2+. The van der Waals surface area contributed by atoms with Crippen molar-refractivity contribution in [3.8, 4) is 0 Å². The van der Waals surface area contributed by atoms with Gasteiger partial charge in [0.15, 0.2) is 4.99 Å². The van der Waals surface area contributed by atoms with Crippen molar-refractivity contribution in [2.75, 3.05) is 14.1 Å². The van der Waals surface area contributed by atoms with Gasteiger partial charge in [-0.25, -0.2) is 15.6 Å². The molecule has 2 aromatic carbocycles. The summed E-state index contributed by atoms with van der Waals surface area (Å²) in [4.78, 5) is 25.6. The lowest BCUT2D eigenvalue weighted by molar-refractivity contribution is -0.847. The van der Waals surface area contributed by atoms with Gasteiger partial charge in [0, 0.05) is 5.56 Å². The number of amides is 2. The van der Waals surface area contributed by atoms with E-state index in [0.717, 1.165) is 5.56 Å². The molecule has 1 atom stereocenters. The van der Waals surface area contributed by atoms with E-state index in [4.69, 9.17) is 30.3 Å². The van der Waals surface area contributed by atoms with Gasteiger partial charge in [0.2, 0.25) is 10.9 Å².